The Labute approximate surface area is 118 Å². The number of rotatable bonds is 15. The Balaban J connectivity index is 3.03. The molecule has 0 aromatic rings. The average molecular weight is 298 g/mol. The van der Waals surface area contributed by atoms with Gasteiger partial charge in [-0.05, 0) is 0 Å². The molecular weight excluding hydrogens is 272 g/mol. The van der Waals surface area contributed by atoms with Gasteiger partial charge in [-0.2, -0.15) is 0 Å². The summed E-state index contributed by atoms with van der Waals surface area (Å²) in [6, 6.07) is 0. The lowest BCUT2D eigenvalue weighted by Crippen LogP contribution is -2.21. The SMILES string of the molecule is OCC(O)COCCOCCOCCOCC(O)CO. The van der Waals surface area contributed by atoms with Gasteiger partial charge in [0, 0.05) is 0 Å². The molecule has 0 spiro atoms. The van der Waals surface area contributed by atoms with Crippen LogP contribution in [0.5, 0.6) is 0 Å². The molecule has 4 N–H and O–H groups in total. The van der Waals surface area contributed by atoms with Gasteiger partial charge in [-0.25, -0.2) is 0 Å². The summed E-state index contributed by atoms with van der Waals surface area (Å²) in [6.45, 7) is 1.87. The van der Waals surface area contributed by atoms with Crippen molar-refractivity contribution >= 4 is 0 Å². The third-order valence-corrected chi connectivity index (χ3v) is 2.16. The van der Waals surface area contributed by atoms with Crippen LogP contribution >= 0.6 is 0 Å². The molecule has 0 saturated carbocycles. The first-order chi connectivity index (χ1) is 9.70. The zero-order valence-electron chi connectivity index (χ0n) is 11.6. The van der Waals surface area contributed by atoms with Crippen molar-refractivity contribution in [2.45, 2.75) is 12.2 Å². The van der Waals surface area contributed by atoms with Gasteiger partial charge >= 0.3 is 0 Å². The maximum atomic E-state index is 8.97. The van der Waals surface area contributed by atoms with Crippen LogP contribution in [-0.4, -0.2) is 98.7 Å². The summed E-state index contributed by atoms with van der Waals surface area (Å²) in [7, 11) is 0. The van der Waals surface area contributed by atoms with Gasteiger partial charge < -0.3 is 39.4 Å². The Morgan fingerprint density at radius 2 is 0.850 bits per heavy atom. The molecule has 0 aliphatic carbocycles. The lowest BCUT2D eigenvalue weighted by molar-refractivity contribution is -0.0347. The third-order valence-electron chi connectivity index (χ3n) is 2.16. The van der Waals surface area contributed by atoms with Crippen LogP contribution in [0.1, 0.15) is 0 Å². The summed E-state index contributed by atoms with van der Waals surface area (Å²) in [5.41, 5.74) is 0. The minimum atomic E-state index is -0.845. The molecular formula is C12H26O8. The molecule has 2 unspecified atom stereocenters. The van der Waals surface area contributed by atoms with E-state index in [1.807, 2.05) is 0 Å². The minimum absolute atomic E-state index is 0.0907. The van der Waals surface area contributed by atoms with Gasteiger partial charge in [0.05, 0.1) is 66.1 Å². The molecule has 0 rings (SSSR count). The Kier molecular flexibility index (Phi) is 14.8. The fourth-order valence-electron chi connectivity index (χ4n) is 1.10. The van der Waals surface area contributed by atoms with E-state index in [-0.39, 0.29) is 26.4 Å². The highest BCUT2D eigenvalue weighted by Gasteiger charge is 2.01. The molecule has 0 aromatic heterocycles. The molecule has 0 fully saturated rings. The van der Waals surface area contributed by atoms with Crippen molar-refractivity contribution in [1.82, 2.24) is 0 Å². The van der Waals surface area contributed by atoms with Crippen LogP contribution in [0.25, 0.3) is 0 Å². The summed E-state index contributed by atoms with van der Waals surface area (Å²) in [6.07, 6.45) is -1.69. The normalized spacial score (nSPS) is 14.4. The van der Waals surface area contributed by atoms with Crippen molar-refractivity contribution in [1.29, 1.82) is 0 Å². The van der Waals surface area contributed by atoms with Gasteiger partial charge in [0.1, 0.15) is 12.2 Å². The maximum absolute atomic E-state index is 8.97. The number of hydrogen-bond donors (Lipinski definition) is 4. The summed E-state index contributed by atoms with van der Waals surface area (Å²) >= 11 is 0. The van der Waals surface area contributed by atoms with E-state index in [9.17, 15) is 0 Å². The molecule has 2 atom stereocenters. The average Bonchev–Trinajstić information content (AvgIpc) is 2.47. The van der Waals surface area contributed by atoms with Crippen molar-refractivity contribution in [3.05, 3.63) is 0 Å². The maximum Gasteiger partial charge on any atom is 0.100 e. The molecule has 8 heteroatoms. The monoisotopic (exact) mass is 298 g/mol. The van der Waals surface area contributed by atoms with E-state index in [1.165, 1.54) is 0 Å². The molecule has 0 saturated heterocycles. The van der Waals surface area contributed by atoms with Crippen molar-refractivity contribution in [2.75, 3.05) is 66.1 Å². The first kappa shape index (κ1) is 19.7. The highest BCUT2D eigenvalue weighted by molar-refractivity contribution is 4.49. The van der Waals surface area contributed by atoms with Gasteiger partial charge in [-0.15, -0.1) is 0 Å². The van der Waals surface area contributed by atoms with Crippen molar-refractivity contribution < 1.29 is 39.4 Å². The second-order valence-electron chi connectivity index (χ2n) is 4.05. The summed E-state index contributed by atoms with van der Waals surface area (Å²) in [5.74, 6) is 0. The molecule has 0 bridgehead atoms. The highest BCUT2D eigenvalue weighted by Crippen LogP contribution is 1.87. The molecule has 0 aromatic carbocycles. The van der Waals surface area contributed by atoms with E-state index in [4.69, 9.17) is 39.4 Å². The Morgan fingerprint density at radius 3 is 1.15 bits per heavy atom. The van der Waals surface area contributed by atoms with Gasteiger partial charge in [-0.3, -0.25) is 0 Å². The summed E-state index contributed by atoms with van der Waals surface area (Å²) < 4.78 is 20.5. The predicted molar refractivity (Wildman–Crippen MR) is 69.5 cm³/mol. The van der Waals surface area contributed by atoms with E-state index in [0.29, 0.717) is 39.6 Å². The number of aliphatic hydroxyl groups excluding tert-OH is 4. The van der Waals surface area contributed by atoms with Crippen molar-refractivity contribution in [3.63, 3.8) is 0 Å². The standard InChI is InChI=1S/C12H26O8/c13-7-11(15)9-19-5-3-17-1-2-18-4-6-20-10-12(16)8-14/h11-16H,1-10H2. The molecule has 0 amide bonds. The molecule has 20 heavy (non-hydrogen) atoms. The lowest BCUT2D eigenvalue weighted by Gasteiger charge is -2.10. The van der Waals surface area contributed by atoms with E-state index < -0.39 is 12.2 Å². The Bertz CT molecular complexity index is 172. The van der Waals surface area contributed by atoms with Crippen LogP contribution in [0.2, 0.25) is 0 Å². The Morgan fingerprint density at radius 1 is 0.550 bits per heavy atom. The quantitative estimate of drug-likeness (QED) is 0.251. The molecule has 0 aliphatic rings. The van der Waals surface area contributed by atoms with E-state index in [0.717, 1.165) is 0 Å². The van der Waals surface area contributed by atoms with Crippen LogP contribution in [0, 0.1) is 0 Å². The second kappa shape index (κ2) is 15.1. The minimum Gasteiger partial charge on any atom is -0.394 e. The van der Waals surface area contributed by atoms with E-state index in [2.05, 4.69) is 0 Å². The van der Waals surface area contributed by atoms with E-state index in [1.54, 1.807) is 0 Å². The van der Waals surface area contributed by atoms with Crippen LogP contribution in [-0.2, 0) is 18.9 Å². The highest BCUT2D eigenvalue weighted by atomic mass is 16.6. The van der Waals surface area contributed by atoms with Gasteiger partial charge in [0.25, 0.3) is 0 Å². The summed E-state index contributed by atoms with van der Waals surface area (Å²) in [5, 5.41) is 35.0. The van der Waals surface area contributed by atoms with Gasteiger partial charge in [-0.1, -0.05) is 0 Å². The van der Waals surface area contributed by atoms with Crippen LogP contribution < -0.4 is 0 Å². The molecule has 0 heterocycles. The molecule has 8 nitrogen and oxygen atoms in total. The summed E-state index contributed by atoms with van der Waals surface area (Å²) in [4.78, 5) is 0. The number of hydrogen-bond acceptors (Lipinski definition) is 8. The number of aliphatic hydroxyl groups is 4. The first-order valence-electron chi connectivity index (χ1n) is 6.59. The van der Waals surface area contributed by atoms with Crippen LogP contribution in [0.3, 0.4) is 0 Å². The van der Waals surface area contributed by atoms with Crippen LogP contribution in [0.15, 0.2) is 0 Å². The van der Waals surface area contributed by atoms with Crippen molar-refractivity contribution in [2.24, 2.45) is 0 Å². The number of ether oxygens (including phenoxy) is 4. The smallest absolute Gasteiger partial charge is 0.100 e. The second-order valence-corrected chi connectivity index (χ2v) is 4.05. The molecule has 0 radical (unpaired) electrons. The third kappa shape index (κ3) is 14.1. The lowest BCUT2D eigenvalue weighted by atomic mass is 10.4. The van der Waals surface area contributed by atoms with Gasteiger partial charge in [0.2, 0.25) is 0 Å². The van der Waals surface area contributed by atoms with Crippen molar-refractivity contribution in [3.8, 4) is 0 Å². The van der Waals surface area contributed by atoms with E-state index >= 15 is 0 Å². The topological polar surface area (TPSA) is 118 Å². The fraction of sp³-hybridized carbons (Fsp3) is 1.00. The largest absolute Gasteiger partial charge is 0.394 e. The zero-order chi connectivity index (χ0) is 15.1. The molecule has 122 valence electrons. The first-order valence-corrected chi connectivity index (χ1v) is 6.59. The van der Waals surface area contributed by atoms with Crippen LogP contribution in [0.4, 0.5) is 0 Å². The van der Waals surface area contributed by atoms with Gasteiger partial charge in [0.15, 0.2) is 0 Å². The Hall–Kier alpha value is -0.320. The fourth-order valence-corrected chi connectivity index (χ4v) is 1.10. The predicted octanol–water partition coefficient (Wildman–Crippen LogP) is -2.24. The zero-order valence-corrected chi connectivity index (χ0v) is 11.6. The molecule has 0 aliphatic heterocycles.